The quantitative estimate of drug-likeness (QED) is 0.510. The van der Waals surface area contributed by atoms with Crippen LogP contribution in [0, 0.1) is 5.92 Å². The van der Waals surface area contributed by atoms with Crippen LogP contribution >= 0.6 is 0 Å². The van der Waals surface area contributed by atoms with Crippen molar-refractivity contribution in [2.24, 2.45) is 5.92 Å². The Morgan fingerprint density at radius 2 is 1.81 bits per heavy atom. The van der Waals surface area contributed by atoms with Crippen LogP contribution in [0.2, 0.25) is 0 Å². The molecule has 1 unspecified atom stereocenters. The van der Waals surface area contributed by atoms with Crippen molar-refractivity contribution in [3.63, 3.8) is 0 Å². The first-order valence-corrected chi connectivity index (χ1v) is 9.14. The van der Waals surface area contributed by atoms with E-state index in [-0.39, 0.29) is 12.4 Å². The Labute approximate surface area is 157 Å². The second-order valence-corrected chi connectivity index (χ2v) is 8.01. The predicted octanol–water partition coefficient (Wildman–Crippen LogP) is 4.26. The third kappa shape index (κ3) is 6.70. The summed E-state index contributed by atoms with van der Waals surface area (Å²) in [5.41, 5.74) is 1.81. The Morgan fingerprint density at radius 1 is 1.19 bits per heavy atom. The minimum atomic E-state index is -0.559. The van der Waals surface area contributed by atoms with E-state index in [0.29, 0.717) is 17.2 Å². The van der Waals surface area contributed by atoms with Gasteiger partial charge in [-0.1, -0.05) is 20.3 Å². The first-order chi connectivity index (χ1) is 11.9. The molecule has 1 rings (SSSR count). The van der Waals surface area contributed by atoms with E-state index < -0.39 is 11.6 Å². The molecule has 0 amide bonds. The van der Waals surface area contributed by atoms with E-state index in [2.05, 4.69) is 13.8 Å². The first-order valence-electron chi connectivity index (χ1n) is 9.14. The standard InChI is InChI=1S/C21H33NO4/c1-9-14(2)10-18-17(15(3)23)11-16(22(7)8)12-19(18)25-13-20(24)26-21(4,5)6/h11-12,14H,9-10,13H2,1-8H3. The molecule has 146 valence electrons. The number of ketones is 1. The van der Waals surface area contributed by atoms with Crippen molar-refractivity contribution in [2.45, 2.75) is 60.0 Å². The van der Waals surface area contributed by atoms with Gasteiger partial charge in [-0.3, -0.25) is 4.79 Å². The van der Waals surface area contributed by atoms with E-state index in [1.54, 1.807) is 6.92 Å². The maximum atomic E-state index is 12.2. The number of benzene rings is 1. The SMILES string of the molecule is CCC(C)Cc1c(OCC(=O)OC(C)(C)C)cc(N(C)C)cc1C(C)=O. The zero-order chi connectivity index (χ0) is 20.1. The van der Waals surface area contributed by atoms with Gasteiger partial charge in [0.1, 0.15) is 11.4 Å². The average Bonchev–Trinajstić information content (AvgIpc) is 2.51. The van der Waals surface area contributed by atoms with Gasteiger partial charge in [-0.2, -0.15) is 0 Å². The highest BCUT2D eigenvalue weighted by molar-refractivity contribution is 5.97. The monoisotopic (exact) mass is 363 g/mol. The van der Waals surface area contributed by atoms with E-state index in [1.807, 2.05) is 51.9 Å². The van der Waals surface area contributed by atoms with Crippen LogP contribution in [0.25, 0.3) is 0 Å². The zero-order valence-electron chi connectivity index (χ0n) is 17.4. The molecule has 0 aliphatic carbocycles. The molecular formula is C21H33NO4. The lowest BCUT2D eigenvalue weighted by atomic mass is 9.92. The van der Waals surface area contributed by atoms with E-state index in [1.165, 1.54) is 0 Å². The van der Waals surface area contributed by atoms with Crippen molar-refractivity contribution in [1.29, 1.82) is 0 Å². The average molecular weight is 363 g/mol. The number of anilines is 1. The molecule has 0 heterocycles. The van der Waals surface area contributed by atoms with E-state index in [9.17, 15) is 9.59 Å². The van der Waals surface area contributed by atoms with Gasteiger partial charge in [0, 0.05) is 37.0 Å². The number of Topliss-reactive ketones (excluding diaryl/α,β-unsaturated/α-hetero) is 1. The third-order valence-electron chi connectivity index (χ3n) is 4.10. The highest BCUT2D eigenvalue weighted by Crippen LogP contribution is 2.32. The topological polar surface area (TPSA) is 55.8 Å². The van der Waals surface area contributed by atoms with Crippen molar-refractivity contribution in [3.05, 3.63) is 23.3 Å². The number of nitrogens with zero attached hydrogens (tertiary/aromatic N) is 1. The molecule has 5 heteroatoms. The van der Waals surface area contributed by atoms with Gasteiger partial charge < -0.3 is 14.4 Å². The normalized spacial score (nSPS) is 12.5. The second-order valence-electron chi connectivity index (χ2n) is 8.01. The van der Waals surface area contributed by atoms with Crippen LogP contribution in [-0.4, -0.2) is 38.1 Å². The Hall–Kier alpha value is -2.04. The molecule has 0 aliphatic heterocycles. The molecular weight excluding hydrogens is 330 g/mol. The molecule has 0 saturated heterocycles. The van der Waals surface area contributed by atoms with Gasteiger partial charge in [-0.15, -0.1) is 0 Å². The Kier molecular flexibility index (Phi) is 7.67. The summed E-state index contributed by atoms with van der Waals surface area (Å²) in [7, 11) is 3.82. The summed E-state index contributed by atoms with van der Waals surface area (Å²) in [5.74, 6) is 0.551. The van der Waals surface area contributed by atoms with Crippen LogP contribution in [0.5, 0.6) is 5.75 Å². The Balaban J connectivity index is 3.23. The fraction of sp³-hybridized carbons (Fsp3) is 0.619. The lowest BCUT2D eigenvalue weighted by molar-refractivity contribution is -0.157. The van der Waals surface area contributed by atoms with Gasteiger partial charge >= 0.3 is 5.97 Å². The number of rotatable bonds is 8. The van der Waals surface area contributed by atoms with Crippen LogP contribution < -0.4 is 9.64 Å². The van der Waals surface area contributed by atoms with Crippen molar-refractivity contribution in [3.8, 4) is 5.75 Å². The predicted molar refractivity (Wildman–Crippen MR) is 105 cm³/mol. The maximum Gasteiger partial charge on any atom is 0.344 e. The number of hydrogen-bond acceptors (Lipinski definition) is 5. The number of carbonyl (C=O) groups is 2. The summed E-state index contributed by atoms with van der Waals surface area (Å²) in [6, 6.07) is 3.77. The second kappa shape index (κ2) is 9.06. The van der Waals surface area contributed by atoms with Crippen LogP contribution in [0.1, 0.15) is 63.9 Å². The van der Waals surface area contributed by atoms with Gasteiger partial charge in [0.05, 0.1) is 0 Å². The number of hydrogen-bond donors (Lipinski definition) is 0. The number of ether oxygens (including phenoxy) is 2. The molecule has 26 heavy (non-hydrogen) atoms. The third-order valence-corrected chi connectivity index (χ3v) is 4.10. The fourth-order valence-electron chi connectivity index (χ4n) is 2.54. The summed E-state index contributed by atoms with van der Waals surface area (Å²) in [4.78, 5) is 26.2. The summed E-state index contributed by atoms with van der Waals surface area (Å²) < 4.78 is 11.1. The fourth-order valence-corrected chi connectivity index (χ4v) is 2.54. The molecule has 0 aromatic heterocycles. The highest BCUT2D eigenvalue weighted by Gasteiger charge is 2.21. The molecule has 0 N–H and O–H groups in total. The summed E-state index contributed by atoms with van der Waals surface area (Å²) in [6.07, 6.45) is 1.72. The molecule has 0 bridgehead atoms. The number of esters is 1. The van der Waals surface area contributed by atoms with Gasteiger partial charge in [0.15, 0.2) is 12.4 Å². The van der Waals surface area contributed by atoms with Crippen molar-refractivity contribution in [1.82, 2.24) is 0 Å². The molecule has 0 aliphatic rings. The minimum absolute atomic E-state index is 0.00544. The van der Waals surface area contributed by atoms with Gasteiger partial charge in [0.25, 0.3) is 0 Å². The van der Waals surface area contributed by atoms with E-state index >= 15 is 0 Å². The van der Waals surface area contributed by atoms with Gasteiger partial charge in [-0.25, -0.2) is 4.79 Å². The molecule has 1 aromatic carbocycles. The van der Waals surface area contributed by atoms with Crippen LogP contribution in [0.15, 0.2) is 12.1 Å². The maximum absolute atomic E-state index is 12.2. The van der Waals surface area contributed by atoms with Crippen molar-refractivity contribution in [2.75, 3.05) is 25.6 Å². The summed E-state index contributed by atoms with van der Waals surface area (Å²) in [6.45, 7) is 11.1. The molecule has 0 fully saturated rings. The Bertz CT molecular complexity index is 644. The molecule has 0 saturated carbocycles. The molecule has 1 aromatic rings. The van der Waals surface area contributed by atoms with Crippen LogP contribution in [0.3, 0.4) is 0 Å². The summed E-state index contributed by atoms with van der Waals surface area (Å²) in [5, 5.41) is 0. The molecule has 0 radical (unpaired) electrons. The Morgan fingerprint density at radius 3 is 2.27 bits per heavy atom. The molecule has 1 atom stereocenters. The minimum Gasteiger partial charge on any atom is -0.482 e. The van der Waals surface area contributed by atoms with Crippen molar-refractivity contribution < 1.29 is 19.1 Å². The lowest BCUT2D eigenvalue weighted by Crippen LogP contribution is -2.27. The highest BCUT2D eigenvalue weighted by atomic mass is 16.6. The summed E-state index contributed by atoms with van der Waals surface area (Å²) >= 11 is 0. The van der Waals surface area contributed by atoms with Gasteiger partial charge in [0.2, 0.25) is 0 Å². The molecule has 0 spiro atoms. The van der Waals surface area contributed by atoms with Crippen molar-refractivity contribution >= 4 is 17.4 Å². The molecule has 5 nitrogen and oxygen atoms in total. The lowest BCUT2D eigenvalue weighted by Gasteiger charge is -2.23. The smallest absolute Gasteiger partial charge is 0.344 e. The number of carbonyl (C=O) groups excluding carboxylic acids is 2. The van der Waals surface area contributed by atoms with E-state index in [4.69, 9.17) is 9.47 Å². The zero-order valence-corrected chi connectivity index (χ0v) is 17.4. The van der Waals surface area contributed by atoms with Crippen LogP contribution in [0.4, 0.5) is 5.69 Å². The largest absolute Gasteiger partial charge is 0.482 e. The van der Waals surface area contributed by atoms with Gasteiger partial charge in [-0.05, 0) is 46.1 Å². The first kappa shape index (κ1) is 22.0. The van der Waals surface area contributed by atoms with Crippen LogP contribution in [-0.2, 0) is 16.0 Å². The van der Waals surface area contributed by atoms with E-state index in [0.717, 1.165) is 24.1 Å².